The number of ether oxygens (including phenoxy) is 1. The molecule has 0 aliphatic rings. The van der Waals surface area contributed by atoms with E-state index < -0.39 is 12.4 Å². The summed E-state index contributed by atoms with van der Waals surface area (Å²) in [6.45, 7) is -0.622. The first kappa shape index (κ1) is 11.4. The first-order valence-corrected chi connectivity index (χ1v) is 5.10. The van der Waals surface area contributed by atoms with Gasteiger partial charge in [-0.15, -0.1) is 0 Å². The molecule has 2 N–H and O–H groups in total. The van der Waals surface area contributed by atoms with Gasteiger partial charge in [0, 0.05) is 0 Å². The molecule has 0 unspecified atom stereocenters. The van der Waals surface area contributed by atoms with E-state index in [-0.39, 0.29) is 11.3 Å². The van der Waals surface area contributed by atoms with E-state index in [4.69, 9.17) is 9.84 Å². The molecule has 4 nitrogen and oxygen atoms in total. The Morgan fingerprint density at radius 2 is 2.00 bits per heavy atom. The maximum absolute atomic E-state index is 11.4. The fourth-order valence-electron chi connectivity index (χ4n) is 1.70. The average molecular weight is 232 g/mol. The molecule has 0 aliphatic carbocycles. The first-order chi connectivity index (χ1) is 8.15. The van der Waals surface area contributed by atoms with E-state index in [0.717, 1.165) is 10.8 Å². The van der Waals surface area contributed by atoms with Crippen molar-refractivity contribution in [3.05, 3.63) is 35.9 Å². The maximum Gasteiger partial charge on any atom is 0.191 e. The molecule has 0 aromatic heterocycles. The summed E-state index contributed by atoms with van der Waals surface area (Å²) in [5.74, 6) is 0.0412. The molecule has 88 valence electrons. The number of hydrogen-bond acceptors (Lipinski definition) is 4. The Labute approximate surface area is 98.1 Å². The van der Waals surface area contributed by atoms with Crippen LogP contribution in [0.15, 0.2) is 30.3 Å². The number of phenols is 1. The Bertz CT molecular complexity index is 575. The molecule has 0 saturated heterocycles. The van der Waals surface area contributed by atoms with Crippen LogP contribution in [0.1, 0.15) is 10.4 Å². The van der Waals surface area contributed by atoms with E-state index in [1.54, 1.807) is 31.4 Å². The Kier molecular flexibility index (Phi) is 2.97. The fourth-order valence-corrected chi connectivity index (χ4v) is 1.70. The molecule has 2 rings (SSSR count). The number of phenolic OH excluding ortho intramolecular Hbond substituents is 1. The monoisotopic (exact) mass is 232 g/mol. The van der Waals surface area contributed by atoms with Gasteiger partial charge in [-0.25, -0.2) is 0 Å². The quantitative estimate of drug-likeness (QED) is 0.791. The Morgan fingerprint density at radius 3 is 2.65 bits per heavy atom. The lowest BCUT2D eigenvalue weighted by molar-refractivity contribution is 0.0901. The van der Waals surface area contributed by atoms with Crippen molar-refractivity contribution in [3.8, 4) is 11.5 Å². The van der Waals surface area contributed by atoms with Crippen molar-refractivity contribution in [3.63, 3.8) is 0 Å². The number of carbonyl (C=O) groups excluding carboxylic acids is 1. The summed E-state index contributed by atoms with van der Waals surface area (Å²) in [6, 6.07) is 8.38. The van der Waals surface area contributed by atoms with Gasteiger partial charge in [-0.05, 0) is 35.0 Å². The van der Waals surface area contributed by atoms with Gasteiger partial charge < -0.3 is 14.9 Å². The largest absolute Gasteiger partial charge is 0.507 e. The summed E-state index contributed by atoms with van der Waals surface area (Å²) in [5.41, 5.74) is 0.119. The number of hydrogen-bond donors (Lipinski definition) is 2. The van der Waals surface area contributed by atoms with E-state index >= 15 is 0 Å². The molecule has 17 heavy (non-hydrogen) atoms. The summed E-state index contributed by atoms with van der Waals surface area (Å²) in [6.07, 6.45) is 0. The third kappa shape index (κ3) is 2.07. The van der Waals surface area contributed by atoms with Crippen LogP contribution in [0.3, 0.4) is 0 Å². The van der Waals surface area contributed by atoms with E-state index in [2.05, 4.69) is 0 Å². The van der Waals surface area contributed by atoms with E-state index in [9.17, 15) is 9.90 Å². The molecule has 0 heterocycles. The van der Waals surface area contributed by atoms with Gasteiger partial charge >= 0.3 is 0 Å². The summed E-state index contributed by atoms with van der Waals surface area (Å²) >= 11 is 0. The van der Waals surface area contributed by atoms with Crippen LogP contribution in [0, 0.1) is 0 Å². The number of aliphatic hydroxyl groups is 1. The van der Waals surface area contributed by atoms with Crippen LogP contribution in [-0.2, 0) is 0 Å². The lowest BCUT2D eigenvalue weighted by Gasteiger charge is -2.06. The zero-order chi connectivity index (χ0) is 12.4. The van der Waals surface area contributed by atoms with E-state index in [0.29, 0.717) is 5.75 Å². The molecular formula is C13H12O4. The SMILES string of the molecule is COc1ccc2cc(O)c(C(=O)CO)cc2c1. The van der Waals surface area contributed by atoms with Crippen molar-refractivity contribution in [1.82, 2.24) is 0 Å². The van der Waals surface area contributed by atoms with Crippen molar-refractivity contribution >= 4 is 16.6 Å². The number of carbonyl (C=O) groups is 1. The van der Waals surface area contributed by atoms with Gasteiger partial charge in [0.1, 0.15) is 18.1 Å². The second kappa shape index (κ2) is 4.43. The van der Waals surface area contributed by atoms with Gasteiger partial charge in [0.2, 0.25) is 0 Å². The van der Waals surface area contributed by atoms with Gasteiger partial charge in [-0.3, -0.25) is 4.79 Å². The summed E-state index contributed by atoms with van der Waals surface area (Å²) in [7, 11) is 1.56. The second-order valence-electron chi connectivity index (χ2n) is 3.66. The molecule has 0 fully saturated rings. The number of aliphatic hydroxyl groups excluding tert-OH is 1. The maximum atomic E-state index is 11.4. The molecule has 0 atom stereocenters. The average Bonchev–Trinajstić information content (AvgIpc) is 2.36. The van der Waals surface area contributed by atoms with Crippen LogP contribution in [0.2, 0.25) is 0 Å². The highest BCUT2D eigenvalue weighted by Crippen LogP contribution is 2.28. The molecule has 4 heteroatoms. The molecule has 2 aromatic carbocycles. The van der Waals surface area contributed by atoms with Crippen molar-refractivity contribution in [2.45, 2.75) is 0 Å². The van der Waals surface area contributed by atoms with Crippen LogP contribution in [-0.4, -0.2) is 29.7 Å². The van der Waals surface area contributed by atoms with Crippen LogP contribution in [0.25, 0.3) is 10.8 Å². The fraction of sp³-hybridized carbons (Fsp3) is 0.154. The first-order valence-electron chi connectivity index (χ1n) is 5.10. The second-order valence-corrected chi connectivity index (χ2v) is 3.66. The third-order valence-electron chi connectivity index (χ3n) is 2.61. The number of aromatic hydroxyl groups is 1. The van der Waals surface area contributed by atoms with Crippen LogP contribution < -0.4 is 4.74 Å². The number of rotatable bonds is 3. The standard InChI is InChI=1S/C13H12O4/c1-17-10-3-2-8-6-12(15)11(13(16)7-14)5-9(8)4-10/h2-6,14-15H,7H2,1H3. The molecule has 0 saturated carbocycles. The van der Waals surface area contributed by atoms with E-state index in [1.165, 1.54) is 6.07 Å². The van der Waals surface area contributed by atoms with Gasteiger partial charge in [-0.2, -0.15) is 0 Å². The van der Waals surface area contributed by atoms with Gasteiger partial charge in [0.25, 0.3) is 0 Å². The molecule has 0 amide bonds. The summed E-state index contributed by atoms with van der Waals surface area (Å²) in [5, 5.41) is 20.1. The summed E-state index contributed by atoms with van der Waals surface area (Å²) < 4.78 is 5.08. The third-order valence-corrected chi connectivity index (χ3v) is 2.61. The predicted molar refractivity (Wildman–Crippen MR) is 63.6 cm³/mol. The van der Waals surface area contributed by atoms with Gasteiger partial charge in [0.15, 0.2) is 5.78 Å². The number of fused-ring (bicyclic) bond motifs is 1. The van der Waals surface area contributed by atoms with Gasteiger partial charge in [0.05, 0.1) is 12.7 Å². The zero-order valence-corrected chi connectivity index (χ0v) is 9.30. The Morgan fingerprint density at radius 1 is 1.24 bits per heavy atom. The lowest BCUT2D eigenvalue weighted by atomic mass is 10.0. The topological polar surface area (TPSA) is 66.8 Å². The predicted octanol–water partition coefficient (Wildman–Crippen LogP) is 1.73. The highest BCUT2D eigenvalue weighted by Gasteiger charge is 2.11. The number of ketones is 1. The normalized spacial score (nSPS) is 10.5. The van der Waals surface area contributed by atoms with Crippen molar-refractivity contribution in [1.29, 1.82) is 0 Å². The highest BCUT2D eigenvalue weighted by atomic mass is 16.5. The molecule has 0 aliphatic heterocycles. The minimum Gasteiger partial charge on any atom is -0.507 e. The van der Waals surface area contributed by atoms with Crippen molar-refractivity contribution in [2.24, 2.45) is 0 Å². The number of benzene rings is 2. The highest BCUT2D eigenvalue weighted by molar-refractivity contribution is 6.03. The zero-order valence-electron chi connectivity index (χ0n) is 9.30. The Balaban J connectivity index is 2.64. The lowest BCUT2D eigenvalue weighted by Crippen LogP contribution is -2.04. The molecule has 2 aromatic rings. The number of Topliss-reactive ketones (excluding diaryl/α,β-unsaturated/α-hetero) is 1. The van der Waals surface area contributed by atoms with Gasteiger partial charge in [-0.1, -0.05) is 6.07 Å². The molecule has 0 spiro atoms. The van der Waals surface area contributed by atoms with E-state index in [1.807, 2.05) is 0 Å². The minimum absolute atomic E-state index is 0.119. The van der Waals surface area contributed by atoms with Crippen LogP contribution >= 0.6 is 0 Å². The number of methoxy groups -OCH3 is 1. The smallest absolute Gasteiger partial charge is 0.191 e. The molecular weight excluding hydrogens is 220 g/mol. The van der Waals surface area contributed by atoms with Crippen LogP contribution in [0.4, 0.5) is 0 Å². The summed E-state index contributed by atoms with van der Waals surface area (Å²) in [4.78, 5) is 11.4. The van der Waals surface area contributed by atoms with Crippen LogP contribution in [0.5, 0.6) is 11.5 Å². The molecule has 0 radical (unpaired) electrons. The minimum atomic E-state index is -0.622. The van der Waals surface area contributed by atoms with Crippen molar-refractivity contribution < 1.29 is 19.7 Å². The Hall–Kier alpha value is -2.07. The van der Waals surface area contributed by atoms with Crippen molar-refractivity contribution in [2.75, 3.05) is 13.7 Å². The molecule has 0 bridgehead atoms.